The quantitative estimate of drug-likeness (QED) is 0.689. The number of primary amides is 1. The van der Waals surface area contributed by atoms with E-state index < -0.39 is 17.9 Å². The second kappa shape index (κ2) is 4.00. The Hall–Kier alpha value is -0.710. The molecule has 0 aliphatic heterocycles. The summed E-state index contributed by atoms with van der Waals surface area (Å²) in [4.78, 5) is 10.4. The van der Waals surface area contributed by atoms with Gasteiger partial charge in [0.15, 0.2) is 0 Å². The van der Waals surface area contributed by atoms with Gasteiger partial charge in [0.1, 0.15) is 0 Å². The van der Waals surface area contributed by atoms with E-state index in [0.29, 0.717) is 12.8 Å². The van der Waals surface area contributed by atoms with Crippen molar-refractivity contribution in [1.29, 1.82) is 0 Å². The van der Waals surface area contributed by atoms with Gasteiger partial charge in [-0.3, -0.25) is 4.79 Å². The summed E-state index contributed by atoms with van der Waals surface area (Å²) in [6, 6.07) is -0.881. The largest absolute Gasteiger partial charge is 0.369 e. The third-order valence-electron chi connectivity index (χ3n) is 2.29. The van der Waals surface area contributed by atoms with Crippen LogP contribution >= 0.6 is 0 Å². The Labute approximate surface area is 75.7 Å². The van der Waals surface area contributed by atoms with Gasteiger partial charge in [-0.15, -0.1) is 0 Å². The first kappa shape index (κ1) is 10.4. The number of rotatable bonds is 3. The van der Waals surface area contributed by atoms with Crippen molar-refractivity contribution in [2.75, 3.05) is 6.54 Å². The topological polar surface area (TPSA) is 55.1 Å². The minimum absolute atomic E-state index is 0.0938. The number of halogens is 2. The van der Waals surface area contributed by atoms with Gasteiger partial charge in [0.05, 0.1) is 12.6 Å². The van der Waals surface area contributed by atoms with Crippen molar-refractivity contribution < 1.29 is 13.6 Å². The fourth-order valence-corrected chi connectivity index (χ4v) is 1.57. The lowest BCUT2D eigenvalue weighted by atomic mass is 9.91. The molecule has 1 saturated carbocycles. The van der Waals surface area contributed by atoms with Gasteiger partial charge < -0.3 is 11.1 Å². The highest BCUT2D eigenvalue weighted by molar-refractivity contribution is 5.75. The van der Waals surface area contributed by atoms with E-state index in [9.17, 15) is 13.6 Å². The van der Waals surface area contributed by atoms with Crippen LogP contribution < -0.4 is 11.1 Å². The molecular weight excluding hydrogens is 178 g/mol. The predicted molar refractivity (Wildman–Crippen MR) is 44.4 cm³/mol. The number of alkyl halides is 2. The van der Waals surface area contributed by atoms with Crippen molar-refractivity contribution in [3.63, 3.8) is 0 Å². The zero-order chi connectivity index (χ0) is 9.90. The minimum Gasteiger partial charge on any atom is -0.369 e. The van der Waals surface area contributed by atoms with Crippen LogP contribution in [0, 0.1) is 0 Å². The predicted octanol–water partition coefficient (Wildman–Crippen LogP) is 0.639. The number of carbonyl (C=O) groups excluding carboxylic acids is 1. The Bertz CT molecular complexity index is 197. The second-order valence-corrected chi connectivity index (χ2v) is 3.41. The lowest BCUT2D eigenvalue weighted by Crippen LogP contribution is -2.49. The first-order valence-electron chi connectivity index (χ1n) is 4.42. The van der Waals surface area contributed by atoms with E-state index in [1.165, 1.54) is 0 Å². The molecule has 13 heavy (non-hydrogen) atoms. The van der Waals surface area contributed by atoms with Crippen LogP contribution in [0.15, 0.2) is 0 Å². The SMILES string of the molecule is NC(=O)CNC1CCCCC1(F)F. The van der Waals surface area contributed by atoms with Crippen molar-refractivity contribution in [1.82, 2.24) is 5.32 Å². The zero-order valence-electron chi connectivity index (χ0n) is 7.35. The van der Waals surface area contributed by atoms with E-state index in [0.717, 1.165) is 6.42 Å². The van der Waals surface area contributed by atoms with Crippen LogP contribution in [-0.2, 0) is 4.79 Å². The molecule has 1 rings (SSSR count). The summed E-state index contributed by atoms with van der Waals surface area (Å²) in [5.41, 5.74) is 4.85. The van der Waals surface area contributed by atoms with Crippen molar-refractivity contribution in [3.8, 4) is 0 Å². The fraction of sp³-hybridized carbons (Fsp3) is 0.875. The molecule has 1 unspecified atom stereocenters. The van der Waals surface area contributed by atoms with Gasteiger partial charge in [0.2, 0.25) is 5.91 Å². The highest BCUT2D eigenvalue weighted by Gasteiger charge is 2.40. The molecule has 1 aliphatic rings. The van der Waals surface area contributed by atoms with E-state index >= 15 is 0 Å². The summed E-state index contributed by atoms with van der Waals surface area (Å²) in [5.74, 6) is -3.28. The van der Waals surface area contributed by atoms with E-state index in [1.807, 2.05) is 0 Å². The molecule has 0 radical (unpaired) electrons. The number of nitrogens with one attached hydrogen (secondary N) is 1. The molecule has 0 bridgehead atoms. The van der Waals surface area contributed by atoms with Crippen LogP contribution in [0.4, 0.5) is 8.78 Å². The van der Waals surface area contributed by atoms with Crippen molar-refractivity contribution >= 4 is 5.91 Å². The molecule has 0 aromatic carbocycles. The van der Waals surface area contributed by atoms with Crippen LogP contribution in [0.5, 0.6) is 0 Å². The minimum atomic E-state index is -2.69. The van der Waals surface area contributed by atoms with Crippen LogP contribution in [0.3, 0.4) is 0 Å². The summed E-state index contributed by atoms with van der Waals surface area (Å²) in [6.07, 6.45) is 1.66. The Kier molecular flexibility index (Phi) is 3.19. The summed E-state index contributed by atoms with van der Waals surface area (Å²) in [5, 5.41) is 2.49. The number of amides is 1. The van der Waals surface area contributed by atoms with Gasteiger partial charge in [-0.05, 0) is 12.8 Å². The Balaban J connectivity index is 2.41. The normalized spacial score (nSPS) is 27.1. The molecule has 0 aromatic rings. The van der Waals surface area contributed by atoms with Crippen LogP contribution in [0.25, 0.3) is 0 Å². The fourth-order valence-electron chi connectivity index (χ4n) is 1.57. The van der Waals surface area contributed by atoms with Crippen LogP contribution in [0.1, 0.15) is 25.7 Å². The van der Waals surface area contributed by atoms with Gasteiger partial charge >= 0.3 is 0 Å². The van der Waals surface area contributed by atoms with Crippen LogP contribution in [-0.4, -0.2) is 24.4 Å². The molecule has 1 fully saturated rings. The number of nitrogens with two attached hydrogens (primary N) is 1. The lowest BCUT2D eigenvalue weighted by molar-refractivity contribution is -0.118. The van der Waals surface area contributed by atoms with E-state index in [4.69, 9.17) is 5.73 Å². The first-order chi connectivity index (χ1) is 6.02. The first-order valence-corrected chi connectivity index (χ1v) is 4.42. The van der Waals surface area contributed by atoms with Gasteiger partial charge in [-0.2, -0.15) is 0 Å². The van der Waals surface area contributed by atoms with Gasteiger partial charge in [-0.25, -0.2) is 8.78 Å². The second-order valence-electron chi connectivity index (χ2n) is 3.41. The maximum atomic E-state index is 13.1. The van der Waals surface area contributed by atoms with Gasteiger partial charge in [0.25, 0.3) is 5.92 Å². The molecule has 0 heterocycles. The van der Waals surface area contributed by atoms with Crippen molar-refractivity contribution in [3.05, 3.63) is 0 Å². The highest BCUT2D eigenvalue weighted by atomic mass is 19.3. The monoisotopic (exact) mass is 192 g/mol. The average molecular weight is 192 g/mol. The van der Waals surface area contributed by atoms with E-state index in [2.05, 4.69) is 5.32 Å². The molecule has 76 valence electrons. The highest BCUT2D eigenvalue weighted by Crippen LogP contribution is 2.33. The van der Waals surface area contributed by atoms with Crippen LogP contribution in [0.2, 0.25) is 0 Å². The number of carbonyl (C=O) groups is 1. The maximum Gasteiger partial charge on any atom is 0.263 e. The average Bonchev–Trinajstić information content (AvgIpc) is 2.01. The molecule has 1 aliphatic carbocycles. The molecule has 1 amide bonds. The van der Waals surface area contributed by atoms with Gasteiger partial charge in [-0.1, -0.05) is 6.42 Å². The number of hydrogen-bond donors (Lipinski definition) is 2. The zero-order valence-corrected chi connectivity index (χ0v) is 7.35. The summed E-state index contributed by atoms with van der Waals surface area (Å²) < 4.78 is 26.2. The molecule has 1 atom stereocenters. The molecule has 0 spiro atoms. The van der Waals surface area contributed by atoms with Crippen molar-refractivity contribution in [2.45, 2.75) is 37.6 Å². The lowest BCUT2D eigenvalue weighted by Gasteiger charge is -2.31. The summed E-state index contributed by atoms with van der Waals surface area (Å²) in [7, 11) is 0. The standard InChI is InChI=1S/C8H14F2N2O/c9-8(10)4-2-1-3-6(8)12-5-7(11)13/h6,12H,1-5H2,(H2,11,13). The number of hydrogen-bond acceptors (Lipinski definition) is 2. The third kappa shape index (κ3) is 2.91. The van der Waals surface area contributed by atoms with E-state index in [-0.39, 0.29) is 13.0 Å². The Morgan fingerprint density at radius 2 is 2.23 bits per heavy atom. The molecule has 0 saturated heterocycles. The van der Waals surface area contributed by atoms with Crippen molar-refractivity contribution in [2.24, 2.45) is 5.73 Å². The Morgan fingerprint density at radius 3 is 2.77 bits per heavy atom. The van der Waals surface area contributed by atoms with Gasteiger partial charge in [0, 0.05) is 6.42 Å². The maximum absolute atomic E-state index is 13.1. The molecular formula is C8H14F2N2O. The smallest absolute Gasteiger partial charge is 0.263 e. The third-order valence-corrected chi connectivity index (χ3v) is 2.29. The summed E-state index contributed by atoms with van der Waals surface area (Å²) >= 11 is 0. The molecule has 0 aromatic heterocycles. The Morgan fingerprint density at radius 1 is 1.54 bits per heavy atom. The summed E-state index contributed by atoms with van der Waals surface area (Å²) in [6.45, 7) is -0.166. The molecule has 5 heteroatoms. The molecule has 3 nitrogen and oxygen atoms in total. The molecule has 3 N–H and O–H groups in total. The van der Waals surface area contributed by atoms with E-state index in [1.54, 1.807) is 0 Å².